The fourth-order valence-corrected chi connectivity index (χ4v) is 3.95. The standard InChI is InChI=1S/C23H23F3N4O2/c1-3-14-7-4-5-10-18(14)29-22(31)17-13-27-30-20(23(24,25)26)12-19(28-21(17)30)15-8-6-9-16(11-15)32-2/h4-11,13,19-20,28H,3,12H2,1-2H3,(H,29,31)/t19-,20-/m0/s1. The molecule has 0 saturated heterocycles. The largest absolute Gasteiger partial charge is 0.497 e. The summed E-state index contributed by atoms with van der Waals surface area (Å²) in [5.74, 6) is 0.0609. The van der Waals surface area contributed by atoms with Gasteiger partial charge in [0.05, 0.1) is 19.3 Å². The summed E-state index contributed by atoms with van der Waals surface area (Å²) < 4.78 is 47.8. The number of carbonyl (C=O) groups excluding carboxylic acids is 1. The minimum absolute atomic E-state index is 0.0397. The molecule has 6 nitrogen and oxygen atoms in total. The number of amides is 1. The van der Waals surface area contributed by atoms with Gasteiger partial charge in [-0.3, -0.25) is 4.79 Å². The number of methoxy groups -OCH3 is 1. The maximum absolute atomic E-state index is 13.9. The predicted octanol–water partition coefficient (Wildman–Crippen LogP) is 5.37. The number of nitrogens with zero attached hydrogens (tertiary/aromatic N) is 2. The van der Waals surface area contributed by atoms with Crippen molar-refractivity contribution in [3.63, 3.8) is 0 Å². The van der Waals surface area contributed by atoms with Crippen LogP contribution in [0.4, 0.5) is 24.7 Å². The topological polar surface area (TPSA) is 68.2 Å². The lowest BCUT2D eigenvalue weighted by Crippen LogP contribution is -2.36. The molecule has 2 aromatic carbocycles. The van der Waals surface area contributed by atoms with Gasteiger partial charge in [-0.25, -0.2) is 4.68 Å². The summed E-state index contributed by atoms with van der Waals surface area (Å²) in [7, 11) is 1.50. The monoisotopic (exact) mass is 444 g/mol. The van der Waals surface area contributed by atoms with Crippen LogP contribution in [0.1, 0.15) is 46.9 Å². The summed E-state index contributed by atoms with van der Waals surface area (Å²) in [5, 5.41) is 9.82. The van der Waals surface area contributed by atoms with Crippen LogP contribution in [-0.2, 0) is 6.42 Å². The molecule has 1 aliphatic rings. The molecule has 0 spiro atoms. The number of hydrogen-bond acceptors (Lipinski definition) is 4. The average molecular weight is 444 g/mol. The second-order valence-electron chi connectivity index (χ2n) is 7.58. The van der Waals surface area contributed by atoms with Gasteiger partial charge in [-0.05, 0) is 35.7 Å². The van der Waals surface area contributed by atoms with Crippen LogP contribution >= 0.6 is 0 Å². The second-order valence-corrected chi connectivity index (χ2v) is 7.58. The first-order chi connectivity index (χ1) is 15.3. The van der Waals surface area contributed by atoms with Crippen molar-refractivity contribution in [1.29, 1.82) is 0 Å². The van der Waals surface area contributed by atoms with Crippen LogP contribution in [0.5, 0.6) is 5.75 Å². The molecule has 4 rings (SSSR count). The first kappa shape index (κ1) is 21.7. The van der Waals surface area contributed by atoms with Gasteiger partial charge < -0.3 is 15.4 Å². The molecule has 2 N–H and O–H groups in total. The van der Waals surface area contributed by atoms with Gasteiger partial charge in [0.2, 0.25) is 0 Å². The van der Waals surface area contributed by atoms with Crippen molar-refractivity contribution < 1.29 is 22.7 Å². The quantitative estimate of drug-likeness (QED) is 0.556. The van der Waals surface area contributed by atoms with Crippen molar-refractivity contribution >= 4 is 17.4 Å². The number of hydrogen-bond donors (Lipinski definition) is 2. The Morgan fingerprint density at radius 3 is 2.75 bits per heavy atom. The van der Waals surface area contributed by atoms with E-state index in [4.69, 9.17) is 4.74 Å². The molecule has 0 fully saturated rings. The molecule has 0 radical (unpaired) electrons. The number of nitrogens with one attached hydrogen (secondary N) is 2. The second kappa shape index (κ2) is 8.57. The van der Waals surface area contributed by atoms with Crippen molar-refractivity contribution in [2.75, 3.05) is 17.7 Å². The molecule has 32 heavy (non-hydrogen) atoms. The first-order valence-electron chi connectivity index (χ1n) is 10.3. The summed E-state index contributed by atoms with van der Waals surface area (Å²) >= 11 is 0. The summed E-state index contributed by atoms with van der Waals surface area (Å²) in [6, 6.07) is 11.6. The molecule has 3 aromatic rings. The van der Waals surface area contributed by atoms with E-state index in [1.807, 2.05) is 19.1 Å². The number of benzene rings is 2. The molecule has 2 heterocycles. The Morgan fingerprint density at radius 2 is 2.03 bits per heavy atom. The molecule has 168 valence electrons. The highest BCUT2D eigenvalue weighted by Crippen LogP contribution is 2.44. The lowest BCUT2D eigenvalue weighted by Gasteiger charge is -2.34. The van der Waals surface area contributed by atoms with E-state index in [9.17, 15) is 18.0 Å². The molecule has 0 unspecified atom stereocenters. The Kier molecular flexibility index (Phi) is 5.82. The molecule has 9 heteroatoms. The van der Waals surface area contributed by atoms with Crippen molar-refractivity contribution in [2.45, 2.75) is 38.0 Å². The van der Waals surface area contributed by atoms with Crippen LogP contribution in [0, 0.1) is 0 Å². The Hall–Kier alpha value is -3.49. The van der Waals surface area contributed by atoms with Crippen LogP contribution < -0.4 is 15.4 Å². The van der Waals surface area contributed by atoms with Gasteiger partial charge in [0.1, 0.15) is 17.1 Å². The number of rotatable bonds is 5. The zero-order valence-electron chi connectivity index (χ0n) is 17.6. The number of alkyl halides is 3. The van der Waals surface area contributed by atoms with Gasteiger partial charge in [-0.2, -0.15) is 18.3 Å². The highest BCUT2D eigenvalue weighted by Gasteiger charge is 2.47. The van der Waals surface area contributed by atoms with Crippen LogP contribution in [0.2, 0.25) is 0 Å². The maximum Gasteiger partial charge on any atom is 0.410 e. The Bertz CT molecular complexity index is 1130. The fourth-order valence-electron chi connectivity index (χ4n) is 3.95. The lowest BCUT2D eigenvalue weighted by atomic mass is 9.96. The van der Waals surface area contributed by atoms with Crippen molar-refractivity contribution in [3.05, 3.63) is 71.4 Å². The first-order valence-corrected chi connectivity index (χ1v) is 10.3. The molecule has 1 amide bonds. The summed E-state index contributed by atoms with van der Waals surface area (Å²) in [4.78, 5) is 13.0. The van der Waals surface area contributed by atoms with Crippen molar-refractivity contribution in [2.24, 2.45) is 0 Å². The van der Waals surface area contributed by atoms with Gasteiger partial charge in [0, 0.05) is 12.1 Å². The molecule has 2 atom stereocenters. The predicted molar refractivity (Wildman–Crippen MR) is 115 cm³/mol. The summed E-state index contributed by atoms with van der Waals surface area (Å²) in [6.07, 6.45) is -2.90. The third-order valence-electron chi connectivity index (χ3n) is 5.63. The van der Waals surface area contributed by atoms with E-state index in [2.05, 4.69) is 15.7 Å². The van der Waals surface area contributed by atoms with E-state index in [-0.39, 0.29) is 17.8 Å². The van der Waals surface area contributed by atoms with Crippen molar-refractivity contribution in [1.82, 2.24) is 9.78 Å². The van der Waals surface area contributed by atoms with Gasteiger partial charge in [0.15, 0.2) is 6.04 Å². The van der Waals surface area contributed by atoms with E-state index in [0.29, 0.717) is 23.4 Å². The van der Waals surface area contributed by atoms with Crippen LogP contribution in [0.25, 0.3) is 0 Å². The molecule has 1 aliphatic heterocycles. The van der Waals surface area contributed by atoms with E-state index in [1.165, 1.54) is 13.3 Å². The highest BCUT2D eigenvalue weighted by atomic mass is 19.4. The SMILES string of the molecule is CCc1ccccc1NC(=O)c1cnn2c1N[C@H](c1cccc(OC)c1)C[C@H]2C(F)(F)F. The molecule has 0 bridgehead atoms. The highest BCUT2D eigenvalue weighted by molar-refractivity contribution is 6.07. The Balaban J connectivity index is 1.70. The molecular weight excluding hydrogens is 421 g/mol. The van der Waals surface area contributed by atoms with Crippen LogP contribution in [0.15, 0.2) is 54.7 Å². The number of fused-ring (bicyclic) bond motifs is 1. The van der Waals surface area contributed by atoms with Gasteiger partial charge in [-0.1, -0.05) is 37.3 Å². The number of carbonyl (C=O) groups is 1. The van der Waals surface area contributed by atoms with E-state index >= 15 is 0 Å². The molecular formula is C23H23F3N4O2. The van der Waals surface area contributed by atoms with E-state index in [1.54, 1.807) is 36.4 Å². The number of ether oxygens (including phenoxy) is 1. The third-order valence-corrected chi connectivity index (χ3v) is 5.63. The average Bonchev–Trinajstić information content (AvgIpc) is 3.22. The molecule has 1 aromatic heterocycles. The van der Waals surface area contributed by atoms with Gasteiger partial charge in [0.25, 0.3) is 5.91 Å². The number of aryl methyl sites for hydroxylation is 1. The van der Waals surface area contributed by atoms with Gasteiger partial charge in [-0.15, -0.1) is 0 Å². The normalized spacial score (nSPS) is 17.9. The van der Waals surface area contributed by atoms with Gasteiger partial charge >= 0.3 is 6.18 Å². The minimum Gasteiger partial charge on any atom is -0.497 e. The number of para-hydroxylation sites is 1. The van der Waals surface area contributed by atoms with Crippen molar-refractivity contribution in [3.8, 4) is 5.75 Å². The fraction of sp³-hybridized carbons (Fsp3) is 0.304. The zero-order chi connectivity index (χ0) is 22.9. The van der Waals surface area contributed by atoms with E-state index < -0.39 is 24.2 Å². The minimum atomic E-state index is -4.53. The number of aromatic nitrogens is 2. The summed E-state index contributed by atoms with van der Waals surface area (Å²) in [6.45, 7) is 1.96. The zero-order valence-corrected chi connectivity index (χ0v) is 17.6. The smallest absolute Gasteiger partial charge is 0.410 e. The van der Waals surface area contributed by atoms with E-state index in [0.717, 1.165) is 10.2 Å². The summed E-state index contributed by atoms with van der Waals surface area (Å²) in [5.41, 5.74) is 2.23. The molecule has 0 saturated carbocycles. The van der Waals surface area contributed by atoms with Crippen LogP contribution in [0.3, 0.4) is 0 Å². The third kappa shape index (κ3) is 4.15. The Morgan fingerprint density at radius 1 is 1.25 bits per heavy atom. The number of halogens is 3. The molecule has 0 aliphatic carbocycles. The van der Waals surface area contributed by atoms with Crippen LogP contribution in [-0.4, -0.2) is 29.0 Å². The number of anilines is 2. The maximum atomic E-state index is 13.9. The Labute approximate surface area is 183 Å². The lowest BCUT2D eigenvalue weighted by molar-refractivity contribution is -0.173.